The molecule has 0 radical (unpaired) electrons. The quantitative estimate of drug-likeness (QED) is 0.349. The van der Waals surface area contributed by atoms with Crippen LogP contribution in [0.1, 0.15) is 32.6 Å². The van der Waals surface area contributed by atoms with Gasteiger partial charge in [0.2, 0.25) is 0 Å². The van der Waals surface area contributed by atoms with Gasteiger partial charge in [0.05, 0.1) is 11.9 Å². The minimum Gasteiger partial charge on any atom is -0.289 e. The number of carbonyl (C=O) groups is 1. The zero-order valence-electron chi connectivity index (χ0n) is 15.9. The van der Waals surface area contributed by atoms with Crippen LogP contribution in [-0.2, 0) is 6.42 Å². The van der Waals surface area contributed by atoms with Crippen LogP contribution in [0.2, 0.25) is 0 Å². The molecule has 0 aliphatic carbocycles. The second-order valence-electron chi connectivity index (χ2n) is 6.94. The second-order valence-corrected chi connectivity index (χ2v) is 6.94. The van der Waals surface area contributed by atoms with Crippen LogP contribution in [0.25, 0.3) is 6.08 Å². The summed E-state index contributed by atoms with van der Waals surface area (Å²) >= 11 is 0. The molecule has 0 amide bonds. The maximum absolute atomic E-state index is 12.7. The zero-order chi connectivity index (χ0) is 19.3. The van der Waals surface area contributed by atoms with Crippen LogP contribution in [0.5, 0.6) is 0 Å². The number of anilines is 1. The average Bonchev–Trinajstić information content (AvgIpc) is 3.15. The van der Waals surface area contributed by atoms with E-state index in [1.54, 1.807) is 12.3 Å². The van der Waals surface area contributed by atoms with Gasteiger partial charge < -0.3 is 0 Å². The maximum atomic E-state index is 12.7. The van der Waals surface area contributed by atoms with E-state index in [0.717, 1.165) is 29.8 Å². The number of carbonyl (C=O) groups excluding carboxylic acids is 1. The summed E-state index contributed by atoms with van der Waals surface area (Å²) in [4.78, 5) is 12.7. The number of nitrogens with zero attached hydrogens (tertiary/aromatic N) is 2. The molecule has 3 aromatic carbocycles. The molecule has 1 heterocycles. The first-order valence-corrected chi connectivity index (χ1v) is 9.48. The highest BCUT2D eigenvalue weighted by atomic mass is 16.1. The number of hydrazone groups is 1. The molecule has 0 bridgehead atoms. The molecule has 0 saturated heterocycles. The molecule has 1 aliphatic heterocycles. The maximum Gasteiger partial charge on any atom is 0.186 e. The lowest BCUT2D eigenvalue weighted by Gasteiger charge is -2.12. The highest BCUT2D eigenvalue weighted by Crippen LogP contribution is 2.27. The highest BCUT2D eigenvalue weighted by Gasteiger charge is 2.17. The molecule has 0 fully saturated rings. The third kappa shape index (κ3) is 3.94. The lowest BCUT2D eigenvalue weighted by atomic mass is 10.0. The molecule has 0 aromatic heterocycles. The van der Waals surface area contributed by atoms with E-state index in [4.69, 9.17) is 0 Å². The number of allylic oxidation sites excluding steroid dienone is 1. The fraction of sp³-hybridized carbons (Fsp3) is 0.120. The highest BCUT2D eigenvalue weighted by molar-refractivity contribution is 6.11. The van der Waals surface area contributed by atoms with Gasteiger partial charge in [0.25, 0.3) is 0 Å². The molecule has 138 valence electrons. The SMILES string of the molecule is Cc1ccc(/C=C/C(=O)c2ccccc2/C=N/N2CCc3ccccc32)cc1. The molecule has 0 atom stereocenters. The number of benzene rings is 3. The average molecular weight is 366 g/mol. The molecule has 0 saturated carbocycles. The van der Waals surface area contributed by atoms with Crippen molar-refractivity contribution in [2.45, 2.75) is 13.3 Å². The van der Waals surface area contributed by atoms with Gasteiger partial charge in [-0.15, -0.1) is 0 Å². The van der Waals surface area contributed by atoms with Gasteiger partial charge in [-0.3, -0.25) is 9.80 Å². The van der Waals surface area contributed by atoms with Gasteiger partial charge in [-0.05, 0) is 36.6 Å². The normalized spacial score (nSPS) is 13.4. The minimum absolute atomic E-state index is 0.0237. The molecule has 0 N–H and O–H groups in total. The Morgan fingerprint density at radius 3 is 2.57 bits per heavy atom. The molecule has 28 heavy (non-hydrogen) atoms. The van der Waals surface area contributed by atoms with E-state index in [1.807, 2.05) is 72.6 Å². The van der Waals surface area contributed by atoms with E-state index in [9.17, 15) is 4.79 Å². The third-order valence-corrected chi connectivity index (χ3v) is 4.93. The Kier molecular flexibility index (Phi) is 5.16. The first-order valence-electron chi connectivity index (χ1n) is 9.48. The van der Waals surface area contributed by atoms with E-state index in [1.165, 1.54) is 11.1 Å². The molecule has 0 unspecified atom stereocenters. The van der Waals surface area contributed by atoms with Crippen molar-refractivity contribution in [2.24, 2.45) is 5.10 Å². The van der Waals surface area contributed by atoms with Crippen molar-refractivity contribution in [3.63, 3.8) is 0 Å². The second kappa shape index (κ2) is 8.05. The Morgan fingerprint density at radius 2 is 1.71 bits per heavy atom. The summed E-state index contributed by atoms with van der Waals surface area (Å²) < 4.78 is 0. The number of rotatable bonds is 5. The summed E-state index contributed by atoms with van der Waals surface area (Å²) in [5, 5.41) is 6.64. The fourth-order valence-electron chi connectivity index (χ4n) is 3.35. The van der Waals surface area contributed by atoms with Gasteiger partial charge in [-0.2, -0.15) is 5.10 Å². The van der Waals surface area contributed by atoms with Crippen LogP contribution in [-0.4, -0.2) is 18.5 Å². The van der Waals surface area contributed by atoms with Crippen molar-refractivity contribution < 1.29 is 4.79 Å². The smallest absolute Gasteiger partial charge is 0.186 e. The van der Waals surface area contributed by atoms with Crippen molar-refractivity contribution in [3.8, 4) is 0 Å². The van der Waals surface area contributed by atoms with Crippen molar-refractivity contribution in [1.82, 2.24) is 0 Å². The van der Waals surface area contributed by atoms with Gasteiger partial charge in [0.1, 0.15) is 0 Å². The van der Waals surface area contributed by atoms with E-state index in [0.29, 0.717) is 5.56 Å². The summed E-state index contributed by atoms with van der Waals surface area (Å²) in [6, 6.07) is 24.0. The summed E-state index contributed by atoms with van der Waals surface area (Å²) in [5.74, 6) is -0.0237. The standard InChI is InChI=1S/C25H22N2O/c1-19-10-12-20(13-11-19)14-15-25(28)23-8-4-2-7-22(23)18-26-27-17-16-21-6-3-5-9-24(21)27/h2-15,18H,16-17H2,1H3/b15-14+,26-18+. The Morgan fingerprint density at radius 1 is 0.964 bits per heavy atom. The Hall–Kier alpha value is -3.46. The predicted molar refractivity (Wildman–Crippen MR) is 116 cm³/mol. The molecule has 0 spiro atoms. The van der Waals surface area contributed by atoms with E-state index < -0.39 is 0 Å². The minimum atomic E-state index is -0.0237. The first kappa shape index (κ1) is 17.9. The van der Waals surface area contributed by atoms with Gasteiger partial charge in [-0.1, -0.05) is 78.4 Å². The first-order chi connectivity index (χ1) is 13.7. The molecule has 3 nitrogen and oxygen atoms in total. The van der Waals surface area contributed by atoms with E-state index >= 15 is 0 Å². The van der Waals surface area contributed by atoms with Crippen molar-refractivity contribution >= 4 is 23.8 Å². The molecular weight excluding hydrogens is 344 g/mol. The molecule has 3 heteroatoms. The predicted octanol–water partition coefficient (Wildman–Crippen LogP) is 5.29. The monoisotopic (exact) mass is 366 g/mol. The molecule has 3 aromatic rings. The topological polar surface area (TPSA) is 32.7 Å². The molecule has 1 aliphatic rings. The van der Waals surface area contributed by atoms with Crippen LogP contribution >= 0.6 is 0 Å². The largest absolute Gasteiger partial charge is 0.289 e. The van der Waals surface area contributed by atoms with Gasteiger partial charge in [0.15, 0.2) is 5.78 Å². The summed E-state index contributed by atoms with van der Waals surface area (Å²) in [5.41, 5.74) is 6.15. The number of ketones is 1. The van der Waals surface area contributed by atoms with Crippen molar-refractivity contribution in [3.05, 3.63) is 107 Å². The lowest BCUT2D eigenvalue weighted by Crippen LogP contribution is -2.13. The zero-order valence-corrected chi connectivity index (χ0v) is 15.9. The van der Waals surface area contributed by atoms with Gasteiger partial charge in [0, 0.05) is 17.7 Å². The van der Waals surface area contributed by atoms with Crippen LogP contribution in [0.15, 0.2) is 84.0 Å². The number of aryl methyl sites for hydroxylation is 1. The number of para-hydroxylation sites is 1. The van der Waals surface area contributed by atoms with Crippen LogP contribution in [0.4, 0.5) is 5.69 Å². The van der Waals surface area contributed by atoms with Crippen LogP contribution in [0.3, 0.4) is 0 Å². The number of fused-ring (bicyclic) bond motifs is 1. The van der Waals surface area contributed by atoms with Gasteiger partial charge >= 0.3 is 0 Å². The molecule has 4 rings (SSSR count). The third-order valence-electron chi connectivity index (χ3n) is 4.93. The van der Waals surface area contributed by atoms with Gasteiger partial charge in [-0.25, -0.2) is 0 Å². The Bertz CT molecular complexity index is 1050. The number of hydrogen-bond acceptors (Lipinski definition) is 3. The summed E-state index contributed by atoms with van der Waals surface area (Å²) in [6.45, 7) is 2.91. The van der Waals surface area contributed by atoms with E-state index in [2.05, 4.69) is 23.3 Å². The Labute approximate surface area is 165 Å². The fourth-order valence-corrected chi connectivity index (χ4v) is 3.35. The van der Waals surface area contributed by atoms with Crippen molar-refractivity contribution in [1.29, 1.82) is 0 Å². The van der Waals surface area contributed by atoms with Crippen LogP contribution < -0.4 is 5.01 Å². The van der Waals surface area contributed by atoms with Crippen molar-refractivity contribution in [2.75, 3.05) is 11.6 Å². The lowest BCUT2D eigenvalue weighted by molar-refractivity contribution is 0.104. The molecular formula is C25H22N2O. The summed E-state index contributed by atoms with van der Waals surface area (Å²) in [7, 11) is 0. The Balaban J connectivity index is 1.54. The number of hydrogen-bond donors (Lipinski definition) is 0. The van der Waals surface area contributed by atoms with Crippen LogP contribution in [0, 0.1) is 6.92 Å². The summed E-state index contributed by atoms with van der Waals surface area (Å²) in [6.07, 6.45) is 6.26. The van der Waals surface area contributed by atoms with E-state index in [-0.39, 0.29) is 5.78 Å².